The van der Waals surface area contributed by atoms with Crippen molar-refractivity contribution >= 4 is 10.0 Å². The third-order valence-corrected chi connectivity index (χ3v) is 5.48. The summed E-state index contributed by atoms with van der Waals surface area (Å²) in [6.07, 6.45) is 0. The minimum Gasteiger partial charge on any atom is -0.486 e. The average Bonchev–Trinajstić information content (AvgIpc) is 3.15. The molecule has 9 heteroatoms. The molecule has 0 fully saturated rings. The fraction of sp³-hybridized carbons (Fsp3) is 0.222. The number of hydrogen-bond acceptors (Lipinski definition) is 7. The van der Waals surface area contributed by atoms with E-state index in [1.807, 2.05) is 31.2 Å². The van der Waals surface area contributed by atoms with Crippen molar-refractivity contribution in [1.82, 2.24) is 14.9 Å². The predicted octanol–water partition coefficient (Wildman–Crippen LogP) is 2.29. The molecule has 0 saturated carbocycles. The van der Waals surface area contributed by atoms with Crippen molar-refractivity contribution in [2.45, 2.75) is 18.4 Å². The topological polar surface area (TPSA) is 104 Å². The number of ether oxygens (including phenoxy) is 2. The lowest BCUT2D eigenvalue weighted by Gasteiger charge is -2.18. The van der Waals surface area contributed by atoms with E-state index >= 15 is 0 Å². The van der Waals surface area contributed by atoms with Crippen LogP contribution in [0.25, 0.3) is 11.5 Å². The van der Waals surface area contributed by atoms with Gasteiger partial charge >= 0.3 is 0 Å². The molecule has 0 spiro atoms. The summed E-state index contributed by atoms with van der Waals surface area (Å²) in [5.41, 5.74) is 1.80. The third-order valence-electron chi connectivity index (χ3n) is 4.08. The molecule has 2 aromatic carbocycles. The van der Waals surface area contributed by atoms with Gasteiger partial charge in [0, 0.05) is 11.6 Å². The maximum atomic E-state index is 12.5. The van der Waals surface area contributed by atoms with Crippen molar-refractivity contribution in [2.75, 3.05) is 13.2 Å². The largest absolute Gasteiger partial charge is 0.486 e. The number of rotatable bonds is 5. The molecule has 0 amide bonds. The molecular formula is C18H17N3O5S. The first-order chi connectivity index (χ1) is 13.0. The summed E-state index contributed by atoms with van der Waals surface area (Å²) in [5, 5.41) is 7.90. The SMILES string of the molecule is Cc1ccccc1-c1nnc(CNS(=O)(=O)c2ccc3c(c2)OCCO3)o1. The van der Waals surface area contributed by atoms with E-state index in [1.54, 1.807) is 6.07 Å². The zero-order valence-electron chi connectivity index (χ0n) is 14.5. The van der Waals surface area contributed by atoms with E-state index in [2.05, 4.69) is 14.9 Å². The molecule has 3 aromatic rings. The summed E-state index contributed by atoms with van der Waals surface area (Å²) in [6.45, 7) is 2.64. The Bertz CT molecular complexity index is 1080. The van der Waals surface area contributed by atoms with E-state index in [1.165, 1.54) is 12.1 Å². The number of aromatic nitrogens is 2. The molecule has 0 unspecified atom stereocenters. The van der Waals surface area contributed by atoms with Gasteiger partial charge in [-0.25, -0.2) is 13.1 Å². The molecule has 0 bridgehead atoms. The van der Waals surface area contributed by atoms with Crippen molar-refractivity contribution in [1.29, 1.82) is 0 Å². The molecule has 1 aliphatic heterocycles. The summed E-state index contributed by atoms with van der Waals surface area (Å²) in [4.78, 5) is 0.0744. The van der Waals surface area contributed by atoms with Gasteiger partial charge in [-0.1, -0.05) is 18.2 Å². The van der Waals surface area contributed by atoms with Gasteiger partial charge in [0.05, 0.1) is 11.4 Å². The number of nitrogens with one attached hydrogen (secondary N) is 1. The zero-order valence-corrected chi connectivity index (χ0v) is 15.3. The molecular weight excluding hydrogens is 370 g/mol. The third kappa shape index (κ3) is 3.64. The Labute approximate surface area is 156 Å². The number of benzene rings is 2. The maximum absolute atomic E-state index is 12.5. The highest BCUT2D eigenvalue weighted by molar-refractivity contribution is 7.89. The second-order valence-electron chi connectivity index (χ2n) is 5.95. The highest BCUT2D eigenvalue weighted by Crippen LogP contribution is 2.32. The predicted molar refractivity (Wildman–Crippen MR) is 95.9 cm³/mol. The number of aryl methyl sites for hydroxylation is 1. The fourth-order valence-corrected chi connectivity index (χ4v) is 3.67. The molecule has 0 radical (unpaired) electrons. The lowest BCUT2D eigenvalue weighted by atomic mass is 10.1. The lowest BCUT2D eigenvalue weighted by Crippen LogP contribution is -2.24. The second-order valence-corrected chi connectivity index (χ2v) is 7.71. The summed E-state index contributed by atoms with van der Waals surface area (Å²) in [6, 6.07) is 12.1. The quantitative estimate of drug-likeness (QED) is 0.716. The van der Waals surface area contributed by atoms with Crippen molar-refractivity contribution in [3.8, 4) is 23.0 Å². The monoisotopic (exact) mass is 387 g/mol. The molecule has 140 valence electrons. The maximum Gasteiger partial charge on any atom is 0.248 e. The highest BCUT2D eigenvalue weighted by Gasteiger charge is 2.20. The molecule has 1 aliphatic rings. The van der Waals surface area contributed by atoms with Gasteiger partial charge in [0.2, 0.25) is 21.8 Å². The fourth-order valence-electron chi connectivity index (χ4n) is 2.68. The number of fused-ring (bicyclic) bond motifs is 1. The van der Waals surface area contributed by atoms with Crippen molar-refractivity contribution in [3.63, 3.8) is 0 Å². The minimum absolute atomic E-state index is 0.0744. The van der Waals surface area contributed by atoms with E-state index in [0.717, 1.165) is 11.1 Å². The van der Waals surface area contributed by atoms with Crippen molar-refractivity contribution < 1.29 is 22.3 Å². The first kappa shape index (κ1) is 17.5. The standard InChI is InChI=1S/C18H17N3O5S/c1-12-4-2-3-5-14(12)18-21-20-17(26-18)11-19-27(22,23)13-6-7-15-16(10-13)25-9-8-24-15/h2-7,10,19H,8-9,11H2,1H3. The first-order valence-electron chi connectivity index (χ1n) is 8.31. The summed E-state index contributed by atoms with van der Waals surface area (Å²) < 4.78 is 43.9. The van der Waals surface area contributed by atoms with Crippen molar-refractivity contribution in [3.05, 3.63) is 53.9 Å². The van der Waals surface area contributed by atoms with Crippen LogP contribution in [0, 0.1) is 6.92 Å². The Balaban J connectivity index is 1.49. The summed E-state index contributed by atoms with van der Waals surface area (Å²) in [7, 11) is -3.77. The Hall–Kier alpha value is -2.91. The Morgan fingerprint density at radius 1 is 1.04 bits per heavy atom. The van der Waals surface area contributed by atoms with Gasteiger partial charge < -0.3 is 13.9 Å². The van der Waals surface area contributed by atoms with E-state index in [9.17, 15) is 8.42 Å². The van der Waals surface area contributed by atoms with Gasteiger partial charge in [-0.3, -0.25) is 0 Å². The lowest BCUT2D eigenvalue weighted by molar-refractivity contribution is 0.171. The van der Waals surface area contributed by atoms with Crippen LogP contribution in [0.15, 0.2) is 51.8 Å². The van der Waals surface area contributed by atoms with Gasteiger partial charge in [0.1, 0.15) is 13.2 Å². The molecule has 0 aliphatic carbocycles. The number of nitrogens with zero attached hydrogens (tertiary/aromatic N) is 2. The van der Waals surface area contributed by atoms with Crippen LogP contribution in [0.3, 0.4) is 0 Å². The molecule has 27 heavy (non-hydrogen) atoms. The second kappa shape index (κ2) is 7.01. The molecule has 4 rings (SSSR count). The van der Waals surface area contributed by atoms with E-state index in [4.69, 9.17) is 13.9 Å². The van der Waals surface area contributed by atoms with Crippen molar-refractivity contribution in [2.24, 2.45) is 0 Å². The number of hydrogen-bond donors (Lipinski definition) is 1. The van der Waals surface area contributed by atoms with Gasteiger partial charge in [-0.15, -0.1) is 10.2 Å². The average molecular weight is 387 g/mol. The first-order valence-corrected chi connectivity index (χ1v) is 9.79. The molecule has 2 heterocycles. The van der Waals surface area contributed by atoms with Gasteiger partial charge in [0.25, 0.3) is 0 Å². The molecule has 0 atom stereocenters. The minimum atomic E-state index is -3.77. The van der Waals surface area contributed by atoms with E-state index in [-0.39, 0.29) is 17.3 Å². The van der Waals surface area contributed by atoms with Crippen LogP contribution in [-0.2, 0) is 16.6 Å². The van der Waals surface area contributed by atoms with Crippen LogP contribution >= 0.6 is 0 Å². The van der Waals surface area contributed by atoms with E-state index < -0.39 is 10.0 Å². The number of sulfonamides is 1. The smallest absolute Gasteiger partial charge is 0.248 e. The van der Waals surface area contributed by atoms with Gasteiger partial charge in [-0.05, 0) is 30.7 Å². The summed E-state index contributed by atoms with van der Waals surface area (Å²) in [5.74, 6) is 1.46. The molecule has 0 saturated heterocycles. The van der Waals surface area contributed by atoms with E-state index in [0.29, 0.717) is 30.6 Å². The van der Waals surface area contributed by atoms with Gasteiger partial charge in [0.15, 0.2) is 11.5 Å². The van der Waals surface area contributed by atoms with Crippen LogP contribution in [0.5, 0.6) is 11.5 Å². The van der Waals surface area contributed by atoms with Crippen LogP contribution in [0.2, 0.25) is 0 Å². The summed E-state index contributed by atoms with van der Waals surface area (Å²) >= 11 is 0. The molecule has 1 N–H and O–H groups in total. The highest BCUT2D eigenvalue weighted by atomic mass is 32.2. The van der Waals surface area contributed by atoms with Gasteiger partial charge in [-0.2, -0.15) is 0 Å². The van der Waals surface area contributed by atoms with Crippen LogP contribution in [0.4, 0.5) is 0 Å². The Morgan fingerprint density at radius 2 is 1.81 bits per heavy atom. The molecule has 8 nitrogen and oxygen atoms in total. The Kier molecular flexibility index (Phi) is 4.54. The normalized spacial score (nSPS) is 13.5. The zero-order chi connectivity index (χ0) is 18.9. The van der Waals surface area contributed by atoms with Crippen LogP contribution in [-0.4, -0.2) is 31.8 Å². The molecule has 1 aromatic heterocycles. The Morgan fingerprint density at radius 3 is 2.63 bits per heavy atom. The van der Waals surface area contributed by atoms with Crippen LogP contribution < -0.4 is 14.2 Å². The van der Waals surface area contributed by atoms with Crippen LogP contribution in [0.1, 0.15) is 11.5 Å².